The van der Waals surface area contributed by atoms with E-state index in [1.165, 1.54) is 11.1 Å². The van der Waals surface area contributed by atoms with Gasteiger partial charge in [-0.25, -0.2) is 9.97 Å². The quantitative estimate of drug-likeness (QED) is 0.188. The van der Waals surface area contributed by atoms with Crippen LogP contribution < -0.4 is 5.46 Å². The summed E-state index contributed by atoms with van der Waals surface area (Å²) >= 11 is 0. The van der Waals surface area contributed by atoms with Crippen molar-refractivity contribution in [2.45, 2.75) is 34.6 Å². The van der Waals surface area contributed by atoms with Crippen LogP contribution in [0.25, 0.3) is 45.0 Å². The molecule has 0 saturated carbocycles. The highest BCUT2D eigenvalue weighted by Gasteiger charge is 2.34. The first-order valence-electron chi connectivity index (χ1n) is 16.0. The number of rotatable bonds is 5. The maximum Gasteiger partial charge on any atom is 0.494 e. The summed E-state index contributed by atoms with van der Waals surface area (Å²) in [5.41, 5.74) is 10.1. The smallest absolute Gasteiger partial charge is 0.405 e. The second-order valence-corrected chi connectivity index (χ2v) is 13.1. The van der Waals surface area contributed by atoms with Gasteiger partial charge in [-0.3, -0.25) is 0 Å². The molecular weight excluding hydrogens is 563 g/mol. The first kappa shape index (κ1) is 31.4. The Balaban J connectivity index is 0.000000288. The lowest BCUT2D eigenvalue weighted by molar-refractivity contribution is 0.227. The van der Waals surface area contributed by atoms with Crippen LogP contribution in [0.4, 0.5) is 0 Å². The fourth-order valence-corrected chi connectivity index (χ4v) is 5.68. The van der Waals surface area contributed by atoms with E-state index in [9.17, 15) is 0 Å². The molecule has 0 N–H and O–H groups in total. The molecule has 5 heteroatoms. The van der Waals surface area contributed by atoms with Crippen molar-refractivity contribution in [3.8, 4) is 45.0 Å². The predicted octanol–water partition coefficient (Wildman–Crippen LogP) is 9.44. The molecule has 1 fully saturated rings. The van der Waals surface area contributed by atoms with Gasteiger partial charge in [-0.15, -0.1) is 0 Å². The van der Waals surface area contributed by atoms with Crippen molar-refractivity contribution < 1.29 is 9.31 Å². The molecule has 2 heterocycles. The van der Waals surface area contributed by atoms with Gasteiger partial charge in [0, 0.05) is 11.1 Å². The minimum Gasteiger partial charge on any atom is -0.405 e. The summed E-state index contributed by atoms with van der Waals surface area (Å²) in [6.07, 6.45) is 6.88. The van der Waals surface area contributed by atoms with Crippen LogP contribution >= 0.6 is 0 Å². The van der Waals surface area contributed by atoms with Gasteiger partial charge in [0.1, 0.15) is 0 Å². The maximum absolute atomic E-state index is 5.71. The van der Waals surface area contributed by atoms with E-state index in [4.69, 9.17) is 19.3 Å². The average Bonchev–Trinajstić information content (AvgIpc) is 3.63. The fraction of sp³-hybridized carbons (Fsp3) is 0.220. The van der Waals surface area contributed by atoms with Crippen molar-refractivity contribution in [3.05, 3.63) is 139 Å². The second kappa shape index (κ2) is 13.4. The van der Waals surface area contributed by atoms with Crippen LogP contribution in [0.15, 0.2) is 139 Å². The van der Waals surface area contributed by atoms with E-state index < -0.39 is 0 Å². The summed E-state index contributed by atoms with van der Waals surface area (Å²) in [6.45, 7) is 12.5. The third kappa shape index (κ3) is 7.12. The molecule has 1 aliphatic carbocycles. The molecule has 7 rings (SSSR count). The van der Waals surface area contributed by atoms with Gasteiger partial charge in [-0.2, -0.15) is 0 Å². The highest BCUT2D eigenvalue weighted by Crippen LogP contribution is 2.44. The largest absolute Gasteiger partial charge is 0.494 e. The molecule has 0 bridgehead atoms. The molecule has 230 valence electrons. The molecule has 0 spiro atoms. The first-order chi connectivity index (χ1) is 22.2. The fourth-order valence-electron chi connectivity index (χ4n) is 5.68. The topological polar surface area (TPSA) is 44.2 Å². The van der Waals surface area contributed by atoms with E-state index in [0.29, 0.717) is 29.9 Å². The molecule has 0 atom stereocenters. The third-order valence-corrected chi connectivity index (χ3v) is 9.13. The van der Waals surface area contributed by atoms with E-state index in [0.717, 1.165) is 39.1 Å². The van der Waals surface area contributed by atoms with Crippen molar-refractivity contribution in [1.82, 2.24) is 9.97 Å². The third-order valence-electron chi connectivity index (χ3n) is 9.13. The highest BCUT2D eigenvalue weighted by molar-refractivity contribution is 6.61. The van der Waals surface area contributed by atoms with Gasteiger partial charge < -0.3 is 9.31 Å². The number of benzene rings is 4. The van der Waals surface area contributed by atoms with Crippen molar-refractivity contribution in [3.63, 3.8) is 0 Å². The molecular formula is C41H41BN2O2. The van der Waals surface area contributed by atoms with E-state index in [1.807, 2.05) is 42.5 Å². The summed E-state index contributed by atoms with van der Waals surface area (Å²) in [6, 6.07) is 39.3. The van der Waals surface area contributed by atoms with Crippen LogP contribution in [0.3, 0.4) is 0 Å². The summed E-state index contributed by atoms with van der Waals surface area (Å²) < 4.78 is 11.4. The Kier molecular flexibility index (Phi) is 9.16. The Labute approximate surface area is 274 Å². The van der Waals surface area contributed by atoms with Gasteiger partial charge >= 0.3 is 7.12 Å². The molecule has 46 heavy (non-hydrogen) atoms. The lowest BCUT2D eigenvalue weighted by Crippen LogP contribution is -2.31. The van der Waals surface area contributed by atoms with E-state index in [-0.39, 0.29) is 7.12 Å². The van der Waals surface area contributed by atoms with E-state index in [2.05, 4.69) is 126 Å². The first-order valence-corrected chi connectivity index (χ1v) is 16.0. The minimum atomic E-state index is -0.324. The number of allylic oxidation sites excluding steroid dienone is 4. The maximum atomic E-state index is 5.71. The van der Waals surface area contributed by atoms with Crippen LogP contribution in [-0.4, -0.2) is 30.3 Å². The summed E-state index contributed by atoms with van der Waals surface area (Å²) in [5.74, 6) is 0.694. The number of aromatic nitrogens is 2. The Bertz CT molecular complexity index is 1840. The van der Waals surface area contributed by atoms with Crippen LogP contribution in [0.2, 0.25) is 0 Å². The van der Waals surface area contributed by atoms with Crippen LogP contribution in [0.1, 0.15) is 34.6 Å². The SMILES string of the molecule is CC1=CC(C)(C)C(C)(C)C=C1.c1ccc(-c2ccc(-c3nc(-c4ccccc4)cc(-c4cccc(B5OCCO5)c4)n3)cc2)cc1. The predicted molar refractivity (Wildman–Crippen MR) is 192 cm³/mol. The minimum absolute atomic E-state index is 0.297. The average molecular weight is 605 g/mol. The lowest BCUT2D eigenvalue weighted by atomic mass is 9.65. The zero-order valence-corrected chi connectivity index (χ0v) is 27.4. The molecule has 0 unspecified atom stereocenters. The molecule has 4 aromatic carbocycles. The number of hydrogen-bond acceptors (Lipinski definition) is 4. The van der Waals surface area contributed by atoms with Gasteiger partial charge in [-0.05, 0) is 46.0 Å². The standard InChI is InChI=1S/C30H23BN2O2.C11H18/c1-3-8-22(9-4-1)23-14-16-25(17-15-23)30-32-28(24-10-5-2-6-11-24)21-29(33-30)26-12-7-13-27(20-26)31-34-18-19-35-31;1-9-6-7-10(2,3)11(4,5)8-9/h1-17,20-21H,18-19H2;6-8H,1-5H3. The van der Waals surface area contributed by atoms with Gasteiger partial charge in [0.15, 0.2) is 5.82 Å². The van der Waals surface area contributed by atoms with Crippen molar-refractivity contribution in [1.29, 1.82) is 0 Å². The van der Waals surface area contributed by atoms with Crippen LogP contribution in [0.5, 0.6) is 0 Å². The molecule has 1 aliphatic heterocycles. The zero-order chi connectivity index (χ0) is 32.1. The molecule has 1 saturated heterocycles. The normalized spacial score (nSPS) is 16.4. The Morgan fingerprint density at radius 1 is 0.565 bits per heavy atom. The monoisotopic (exact) mass is 604 g/mol. The number of hydrogen-bond donors (Lipinski definition) is 0. The summed E-state index contributed by atoms with van der Waals surface area (Å²) in [7, 11) is -0.324. The van der Waals surface area contributed by atoms with E-state index in [1.54, 1.807) is 0 Å². The summed E-state index contributed by atoms with van der Waals surface area (Å²) in [5, 5.41) is 0. The Morgan fingerprint density at radius 3 is 1.72 bits per heavy atom. The van der Waals surface area contributed by atoms with E-state index >= 15 is 0 Å². The zero-order valence-electron chi connectivity index (χ0n) is 27.4. The molecule has 0 amide bonds. The highest BCUT2D eigenvalue weighted by atomic mass is 16.6. The molecule has 4 nitrogen and oxygen atoms in total. The Morgan fingerprint density at radius 2 is 1.11 bits per heavy atom. The van der Waals surface area contributed by atoms with Crippen molar-refractivity contribution >= 4 is 12.6 Å². The van der Waals surface area contributed by atoms with Crippen LogP contribution in [-0.2, 0) is 9.31 Å². The molecule has 5 aromatic rings. The van der Waals surface area contributed by atoms with Gasteiger partial charge in [0.25, 0.3) is 0 Å². The van der Waals surface area contributed by atoms with Crippen molar-refractivity contribution in [2.75, 3.05) is 13.2 Å². The Hall–Kier alpha value is -4.58. The number of nitrogens with zero attached hydrogens (tertiary/aromatic N) is 2. The van der Waals surface area contributed by atoms with Crippen LogP contribution in [0, 0.1) is 10.8 Å². The van der Waals surface area contributed by atoms with Gasteiger partial charge in [0.2, 0.25) is 0 Å². The summed E-state index contributed by atoms with van der Waals surface area (Å²) in [4.78, 5) is 9.92. The van der Waals surface area contributed by atoms with Crippen molar-refractivity contribution in [2.24, 2.45) is 10.8 Å². The lowest BCUT2D eigenvalue weighted by Gasteiger charge is -2.40. The molecule has 2 aliphatic rings. The molecule has 0 radical (unpaired) electrons. The van der Waals surface area contributed by atoms with Gasteiger partial charge in [-0.1, -0.05) is 161 Å². The molecule has 1 aromatic heterocycles. The second-order valence-electron chi connectivity index (χ2n) is 13.1. The van der Waals surface area contributed by atoms with Gasteiger partial charge in [0.05, 0.1) is 24.6 Å².